The van der Waals surface area contributed by atoms with E-state index in [0.29, 0.717) is 12.3 Å². The van der Waals surface area contributed by atoms with E-state index in [1.807, 2.05) is 6.07 Å². The van der Waals surface area contributed by atoms with Gasteiger partial charge < -0.3 is 0 Å². The Bertz CT molecular complexity index is 381. The van der Waals surface area contributed by atoms with Crippen molar-refractivity contribution in [3.05, 3.63) is 47.5 Å². The molecule has 1 saturated heterocycles. The van der Waals surface area contributed by atoms with Crippen LogP contribution in [0.15, 0.2) is 42.0 Å². The zero-order chi connectivity index (χ0) is 12.3. The largest absolute Gasteiger partial charge is 0.275 e. The second-order valence-electron chi connectivity index (χ2n) is 4.87. The van der Waals surface area contributed by atoms with Crippen molar-refractivity contribution in [3.8, 4) is 0 Å². The highest BCUT2D eigenvalue weighted by Crippen LogP contribution is 2.35. The van der Waals surface area contributed by atoms with Gasteiger partial charge in [-0.25, -0.2) is 0 Å². The van der Waals surface area contributed by atoms with Gasteiger partial charge in [-0.15, -0.1) is 5.06 Å². The average Bonchev–Trinajstić information content (AvgIpc) is 3.08. The number of hydroxylamine groups is 2. The lowest BCUT2D eigenvalue weighted by molar-refractivity contribution is 0.155. The summed E-state index contributed by atoms with van der Waals surface area (Å²) < 4.78 is 0. The van der Waals surface area contributed by atoms with Gasteiger partial charge in [0.05, 0.1) is 6.04 Å². The molecule has 0 aromatic heterocycles. The third-order valence-corrected chi connectivity index (χ3v) is 3.11. The van der Waals surface area contributed by atoms with Gasteiger partial charge in [-0.1, -0.05) is 42.0 Å². The smallest absolute Gasteiger partial charge is 0.155 e. The molecule has 1 heterocycles. The fourth-order valence-electron chi connectivity index (χ4n) is 2.03. The van der Waals surface area contributed by atoms with Crippen LogP contribution in [-0.4, -0.2) is 11.3 Å². The first-order chi connectivity index (χ1) is 8.18. The van der Waals surface area contributed by atoms with Crippen molar-refractivity contribution < 1.29 is 4.84 Å². The van der Waals surface area contributed by atoms with Crippen LogP contribution in [0, 0.1) is 0 Å². The van der Waals surface area contributed by atoms with Gasteiger partial charge in [0.2, 0.25) is 0 Å². The lowest BCUT2D eigenvalue weighted by Crippen LogP contribution is -2.08. The van der Waals surface area contributed by atoms with Gasteiger partial charge in [0.1, 0.15) is 0 Å². The molecule has 17 heavy (non-hydrogen) atoms. The van der Waals surface area contributed by atoms with E-state index >= 15 is 0 Å². The fourth-order valence-corrected chi connectivity index (χ4v) is 2.03. The zero-order valence-electron chi connectivity index (χ0n) is 10.9. The molecule has 0 spiro atoms. The number of allylic oxidation sites excluding steroid dienone is 2. The van der Waals surface area contributed by atoms with Crippen molar-refractivity contribution in [2.45, 2.75) is 45.9 Å². The van der Waals surface area contributed by atoms with Crippen LogP contribution in [-0.2, 0) is 4.84 Å². The van der Waals surface area contributed by atoms with Gasteiger partial charge in [-0.05, 0) is 39.2 Å². The van der Waals surface area contributed by atoms with Crippen LogP contribution in [0.4, 0.5) is 0 Å². The maximum atomic E-state index is 5.62. The van der Waals surface area contributed by atoms with Gasteiger partial charge >= 0.3 is 0 Å². The second kappa shape index (κ2) is 5.48. The average molecular weight is 231 g/mol. The topological polar surface area (TPSA) is 15.5 Å². The predicted octanol–water partition coefficient (Wildman–Crippen LogP) is 4.07. The molecule has 0 aliphatic carbocycles. The number of benzene rings is 1. The van der Waals surface area contributed by atoms with Gasteiger partial charge in [-0.2, -0.15) is 0 Å². The normalized spacial score (nSPS) is 24.2. The molecule has 0 bridgehead atoms. The molecule has 1 aromatic rings. The number of hydrogen-bond acceptors (Lipinski definition) is 2. The van der Waals surface area contributed by atoms with Crippen molar-refractivity contribution in [2.75, 3.05) is 0 Å². The third-order valence-electron chi connectivity index (χ3n) is 3.11. The summed E-state index contributed by atoms with van der Waals surface area (Å²) in [6, 6.07) is 10.9. The molecule has 1 unspecified atom stereocenters. The SMILES string of the molecule is CC(C)=CCC[C@@H]1ON1[C@@H](C)c1ccccc1. The van der Waals surface area contributed by atoms with E-state index in [4.69, 9.17) is 4.84 Å². The summed E-state index contributed by atoms with van der Waals surface area (Å²) in [5.41, 5.74) is 2.70. The molecule has 0 saturated carbocycles. The highest BCUT2D eigenvalue weighted by molar-refractivity contribution is 5.18. The minimum absolute atomic E-state index is 0.306. The van der Waals surface area contributed by atoms with Crippen LogP contribution < -0.4 is 0 Å². The Labute approximate surface area is 104 Å². The summed E-state index contributed by atoms with van der Waals surface area (Å²) in [5, 5.41) is 2.09. The predicted molar refractivity (Wildman–Crippen MR) is 70.2 cm³/mol. The van der Waals surface area contributed by atoms with Crippen LogP contribution in [0.2, 0.25) is 0 Å². The molecule has 1 aliphatic rings. The van der Waals surface area contributed by atoms with Crippen LogP contribution in [0.25, 0.3) is 0 Å². The zero-order valence-corrected chi connectivity index (χ0v) is 10.9. The van der Waals surface area contributed by atoms with Gasteiger partial charge in [0.25, 0.3) is 0 Å². The van der Waals surface area contributed by atoms with Crippen LogP contribution >= 0.6 is 0 Å². The van der Waals surface area contributed by atoms with E-state index in [0.717, 1.165) is 12.8 Å². The lowest BCUT2D eigenvalue weighted by atomic mass is 10.1. The molecule has 2 rings (SSSR count). The first-order valence-electron chi connectivity index (χ1n) is 6.32. The summed E-state index contributed by atoms with van der Waals surface area (Å²) in [7, 11) is 0. The van der Waals surface area contributed by atoms with Crippen molar-refractivity contribution in [1.82, 2.24) is 5.06 Å². The fraction of sp³-hybridized carbons (Fsp3) is 0.467. The first-order valence-corrected chi connectivity index (χ1v) is 6.32. The molecule has 1 fully saturated rings. The summed E-state index contributed by atoms with van der Waals surface area (Å²) in [6.07, 6.45) is 4.77. The van der Waals surface area contributed by atoms with E-state index in [1.54, 1.807) is 0 Å². The standard InChI is InChI=1S/C15H21NO/c1-12(2)8-7-11-15-16(17-15)13(3)14-9-5-4-6-10-14/h4-6,8-10,13,15H,7,11H2,1-3H3/t13-,15-,16?/m0/s1. The minimum atomic E-state index is 0.306. The van der Waals surface area contributed by atoms with E-state index < -0.39 is 0 Å². The molecular formula is C15H21NO. The Morgan fingerprint density at radius 2 is 2.06 bits per heavy atom. The minimum Gasteiger partial charge on any atom is -0.275 e. The Hall–Kier alpha value is -1.12. The Kier molecular flexibility index (Phi) is 3.97. The maximum Gasteiger partial charge on any atom is 0.155 e. The Morgan fingerprint density at radius 3 is 2.71 bits per heavy atom. The quantitative estimate of drug-likeness (QED) is 0.561. The van der Waals surface area contributed by atoms with Gasteiger partial charge in [-0.3, -0.25) is 4.84 Å². The molecule has 2 nitrogen and oxygen atoms in total. The molecule has 0 radical (unpaired) electrons. The molecule has 3 atom stereocenters. The molecule has 92 valence electrons. The third kappa shape index (κ3) is 3.42. The Balaban J connectivity index is 1.81. The van der Waals surface area contributed by atoms with Crippen LogP contribution in [0.3, 0.4) is 0 Å². The molecule has 2 heteroatoms. The van der Waals surface area contributed by atoms with Crippen molar-refractivity contribution in [1.29, 1.82) is 0 Å². The summed E-state index contributed by atoms with van der Waals surface area (Å²) in [4.78, 5) is 5.62. The van der Waals surface area contributed by atoms with Gasteiger partial charge in [0.15, 0.2) is 6.23 Å². The molecule has 1 aliphatic heterocycles. The van der Waals surface area contributed by atoms with Crippen molar-refractivity contribution >= 4 is 0 Å². The maximum absolute atomic E-state index is 5.62. The number of rotatable bonds is 5. The van der Waals surface area contributed by atoms with Gasteiger partial charge in [0, 0.05) is 0 Å². The molecule has 0 amide bonds. The summed E-state index contributed by atoms with van der Waals surface area (Å²) in [6.45, 7) is 6.46. The number of hydrogen-bond donors (Lipinski definition) is 0. The van der Waals surface area contributed by atoms with E-state index in [9.17, 15) is 0 Å². The summed E-state index contributed by atoms with van der Waals surface area (Å²) >= 11 is 0. The van der Waals surface area contributed by atoms with E-state index in [1.165, 1.54) is 11.1 Å². The lowest BCUT2D eigenvalue weighted by Gasteiger charge is -2.09. The van der Waals surface area contributed by atoms with Crippen LogP contribution in [0.5, 0.6) is 0 Å². The van der Waals surface area contributed by atoms with Crippen molar-refractivity contribution in [3.63, 3.8) is 0 Å². The molecule has 0 N–H and O–H groups in total. The highest BCUT2D eigenvalue weighted by atomic mass is 16.8. The first kappa shape index (κ1) is 12.3. The highest BCUT2D eigenvalue weighted by Gasteiger charge is 2.39. The van der Waals surface area contributed by atoms with Crippen molar-refractivity contribution in [2.24, 2.45) is 0 Å². The van der Waals surface area contributed by atoms with E-state index in [2.05, 4.69) is 56.2 Å². The van der Waals surface area contributed by atoms with Crippen LogP contribution in [0.1, 0.15) is 45.2 Å². The molecular weight excluding hydrogens is 210 g/mol. The summed E-state index contributed by atoms with van der Waals surface area (Å²) in [5.74, 6) is 0. The number of nitrogens with zero attached hydrogens (tertiary/aromatic N) is 1. The second-order valence-corrected chi connectivity index (χ2v) is 4.87. The molecule has 1 aromatic carbocycles. The van der Waals surface area contributed by atoms with E-state index in [-0.39, 0.29) is 0 Å². The monoisotopic (exact) mass is 231 g/mol. The Morgan fingerprint density at radius 1 is 1.35 bits per heavy atom.